The second-order valence-corrected chi connectivity index (χ2v) is 4.59. The Morgan fingerprint density at radius 2 is 1.90 bits per heavy atom. The Bertz CT molecular complexity index is 471. The molecule has 1 aromatic rings. The van der Waals surface area contributed by atoms with E-state index in [0.717, 1.165) is 0 Å². The van der Waals surface area contributed by atoms with Crippen LogP contribution < -0.4 is 4.74 Å². The van der Waals surface area contributed by atoms with Crippen molar-refractivity contribution < 1.29 is 34.0 Å². The molecule has 0 aromatic heterocycles. The summed E-state index contributed by atoms with van der Waals surface area (Å²) >= 11 is 0. The first-order valence-electron chi connectivity index (χ1n) is 6.42. The molecule has 1 heterocycles. The third-order valence-corrected chi connectivity index (χ3v) is 3.23. The van der Waals surface area contributed by atoms with Gasteiger partial charge in [0, 0.05) is 7.11 Å². The summed E-state index contributed by atoms with van der Waals surface area (Å²) in [5.74, 6) is -0.0424. The van der Waals surface area contributed by atoms with Crippen molar-refractivity contribution in [2.75, 3.05) is 20.8 Å². The van der Waals surface area contributed by atoms with E-state index in [-0.39, 0.29) is 12.2 Å². The summed E-state index contributed by atoms with van der Waals surface area (Å²) in [6, 6.07) is 6.31. The van der Waals surface area contributed by atoms with E-state index in [1.807, 2.05) is 0 Å². The maximum atomic E-state index is 12.1. The predicted molar refractivity (Wildman–Crippen MR) is 71.0 cm³/mol. The Kier molecular flexibility index (Phi) is 5.13. The van der Waals surface area contributed by atoms with E-state index in [1.165, 1.54) is 26.4 Å². The van der Waals surface area contributed by atoms with Gasteiger partial charge in [0.2, 0.25) is 0 Å². The lowest BCUT2D eigenvalue weighted by Gasteiger charge is -2.36. The number of benzene rings is 1. The Labute approximate surface area is 122 Å². The Hall–Kier alpha value is -1.67. The van der Waals surface area contributed by atoms with Gasteiger partial charge in [-0.25, -0.2) is 4.79 Å². The summed E-state index contributed by atoms with van der Waals surface area (Å²) in [6.07, 6.45) is -4.44. The Morgan fingerprint density at radius 1 is 1.24 bits per heavy atom. The Balaban J connectivity index is 2.08. The van der Waals surface area contributed by atoms with Crippen molar-refractivity contribution in [3.05, 3.63) is 29.8 Å². The fourth-order valence-electron chi connectivity index (χ4n) is 2.01. The lowest BCUT2D eigenvalue weighted by Crippen LogP contribution is -2.55. The molecule has 1 saturated heterocycles. The zero-order chi connectivity index (χ0) is 15.4. The zero-order valence-corrected chi connectivity index (χ0v) is 11.8. The van der Waals surface area contributed by atoms with Crippen LogP contribution in [0.5, 0.6) is 5.75 Å². The highest BCUT2D eigenvalue weighted by atomic mass is 16.7. The molecule has 1 fully saturated rings. The minimum Gasteiger partial charge on any atom is -0.497 e. The molecule has 0 amide bonds. The molecule has 1 aliphatic rings. The second kappa shape index (κ2) is 6.86. The van der Waals surface area contributed by atoms with Crippen LogP contribution in [0.4, 0.5) is 0 Å². The van der Waals surface area contributed by atoms with Crippen molar-refractivity contribution in [1.29, 1.82) is 0 Å². The third kappa shape index (κ3) is 3.51. The Morgan fingerprint density at radius 3 is 2.48 bits per heavy atom. The number of hydrogen-bond donors (Lipinski definition) is 2. The molecule has 1 aromatic carbocycles. The highest BCUT2D eigenvalue weighted by molar-refractivity contribution is 5.89. The average molecular weight is 298 g/mol. The van der Waals surface area contributed by atoms with Crippen molar-refractivity contribution in [2.45, 2.75) is 24.6 Å². The van der Waals surface area contributed by atoms with Gasteiger partial charge in [0.1, 0.15) is 18.0 Å². The SMILES string of the molecule is COc1ccc(C(=O)O[C@@H]2[C@@H](OC)OC[C@@H](O)[C@H]2O)cc1. The van der Waals surface area contributed by atoms with Gasteiger partial charge in [-0.1, -0.05) is 0 Å². The van der Waals surface area contributed by atoms with Gasteiger partial charge in [-0.05, 0) is 24.3 Å². The van der Waals surface area contributed by atoms with Crippen LogP contribution in [0.3, 0.4) is 0 Å². The lowest BCUT2D eigenvalue weighted by atomic mass is 10.1. The largest absolute Gasteiger partial charge is 0.497 e. The molecular weight excluding hydrogens is 280 g/mol. The molecule has 7 heteroatoms. The van der Waals surface area contributed by atoms with Crippen LogP contribution in [0.2, 0.25) is 0 Å². The summed E-state index contributed by atoms with van der Waals surface area (Å²) < 4.78 is 20.4. The number of carbonyl (C=O) groups is 1. The molecule has 2 N–H and O–H groups in total. The molecule has 0 spiro atoms. The fraction of sp³-hybridized carbons (Fsp3) is 0.500. The quantitative estimate of drug-likeness (QED) is 0.752. The number of hydrogen-bond acceptors (Lipinski definition) is 7. The summed E-state index contributed by atoms with van der Waals surface area (Å²) in [5.41, 5.74) is 0.290. The van der Waals surface area contributed by atoms with Crippen molar-refractivity contribution in [3.63, 3.8) is 0 Å². The van der Waals surface area contributed by atoms with Crippen molar-refractivity contribution in [1.82, 2.24) is 0 Å². The van der Waals surface area contributed by atoms with Gasteiger partial charge in [0.25, 0.3) is 0 Å². The number of aliphatic hydroxyl groups is 2. The molecule has 0 unspecified atom stereocenters. The molecule has 0 aliphatic carbocycles. The molecule has 0 saturated carbocycles. The fourth-order valence-corrected chi connectivity index (χ4v) is 2.01. The summed E-state index contributed by atoms with van der Waals surface area (Å²) in [4.78, 5) is 12.1. The summed E-state index contributed by atoms with van der Waals surface area (Å²) in [7, 11) is 2.89. The van der Waals surface area contributed by atoms with Gasteiger partial charge in [-0.3, -0.25) is 0 Å². The molecule has 7 nitrogen and oxygen atoms in total. The summed E-state index contributed by atoms with van der Waals surface area (Å²) in [5, 5.41) is 19.5. The maximum absolute atomic E-state index is 12.1. The van der Waals surface area contributed by atoms with E-state index in [1.54, 1.807) is 12.1 Å². The topological polar surface area (TPSA) is 94.5 Å². The number of esters is 1. The van der Waals surface area contributed by atoms with Crippen molar-refractivity contribution in [3.8, 4) is 5.75 Å². The van der Waals surface area contributed by atoms with Crippen LogP contribution in [0.15, 0.2) is 24.3 Å². The molecule has 0 radical (unpaired) electrons. The van der Waals surface area contributed by atoms with Gasteiger partial charge in [-0.2, -0.15) is 0 Å². The smallest absolute Gasteiger partial charge is 0.338 e. The lowest BCUT2D eigenvalue weighted by molar-refractivity contribution is -0.261. The first-order valence-corrected chi connectivity index (χ1v) is 6.42. The molecular formula is C14H18O7. The standard InChI is InChI=1S/C14H18O7/c1-18-9-5-3-8(4-6-9)13(17)21-12-11(16)10(15)7-20-14(12)19-2/h3-6,10-12,14-16H,7H2,1-2H3/t10-,11-,12+,14+/m1/s1. The first-order chi connectivity index (χ1) is 10.1. The van der Waals surface area contributed by atoms with Gasteiger partial charge in [-0.15, -0.1) is 0 Å². The van der Waals surface area contributed by atoms with Gasteiger partial charge in [0.15, 0.2) is 12.4 Å². The highest BCUT2D eigenvalue weighted by Crippen LogP contribution is 2.21. The monoisotopic (exact) mass is 298 g/mol. The van der Waals surface area contributed by atoms with Crippen LogP contribution in [0.1, 0.15) is 10.4 Å². The maximum Gasteiger partial charge on any atom is 0.338 e. The van der Waals surface area contributed by atoms with Crippen LogP contribution >= 0.6 is 0 Å². The first kappa shape index (κ1) is 15.7. The van der Waals surface area contributed by atoms with E-state index in [0.29, 0.717) is 5.75 Å². The van der Waals surface area contributed by atoms with E-state index >= 15 is 0 Å². The number of methoxy groups -OCH3 is 2. The molecule has 2 rings (SSSR count). The molecule has 4 atom stereocenters. The minimum absolute atomic E-state index is 0.0870. The molecule has 1 aliphatic heterocycles. The van der Waals surface area contributed by atoms with E-state index in [9.17, 15) is 15.0 Å². The molecule has 0 bridgehead atoms. The van der Waals surface area contributed by atoms with Gasteiger partial charge < -0.3 is 29.2 Å². The van der Waals surface area contributed by atoms with E-state index in [2.05, 4.69) is 0 Å². The van der Waals surface area contributed by atoms with Crippen molar-refractivity contribution in [2.24, 2.45) is 0 Å². The number of aliphatic hydroxyl groups excluding tert-OH is 2. The van der Waals surface area contributed by atoms with Crippen LogP contribution in [-0.4, -0.2) is 61.6 Å². The van der Waals surface area contributed by atoms with Crippen LogP contribution in [0, 0.1) is 0 Å². The number of ether oxygens (including phenoxy) is 4. The van der Waals surface area contributed by atoms with E-state index in [4.69, 9.17) is 18.9 Å². The van der Waals surface area contributed by atoms with Crippen molar-refractivity contribution >= 4 is 5.97 Å². The number of carbonyl (C=O) groups excluding carboxylic acids is 1. The normalized spacial score (nSPS) is 29.0. The minimum atomic E-state index is -1.27. The average Bonchev–Trinajstić information content (AvgIpc) is 2.52. The van der Waals surface area contributed by atoms with Crippen LogP contribution in [-0.2, 0) is 14.2 Å². The predicted octanol–water partition coefficient (Wildman–Crippen LogP) is -0.0549. The number of rotatable bonds is 4. The third-order valence-electron chi connectivity index (χ3n) is 3.23. The molecule has 21 heavy (non-hydrogen) atoms. The zero-order valence-electron chi connectivity index (χ0n) is 11.8. The van der Waals surface area contributed by atoms with E-state index < -0.39 is 30.6 Å². The second-order valence-electron chi connectivity index (χ2n) is 4.59. The highest BCUT2D eigenvalue weighted by Gasteiger charge is 2.41. The van der Waals surface area contributed by atoms with Gasteiger partial charge >= 0.3 is 5.97 Å². The van der Waals surface area contributed by atoms with Gasteiger partial charge in [0.05, 0.1) is 19.3 Å². The van der Waals surface area contributed by atoms with Crippen LogP contribution in [0.25, 0.3) is 0 Å². The summed E-state index contributed by atoms with van der Waals surface area (Å²) in [6.45, 7) is -0.0870. The molecule has 116 valence electrons.